The summed E-state index contributed by atoms with van der Waals surface area (Å²) in [4.78, 5) is 5.16. The molecule has 3 heterocycles. The molecule has 1 fully saturated rings. The number of hydrogen-bond donors (Lipinski definition) is 0. The van der Waals surface area contributed by atoms with Crippen molar-refractivity contribution in [2.45, 2.75) is 83.5 Å². The molecule has 5 nitrogen and oxygen atoms in total. The molecule has 6 heteroatoms. The zero-order valence-corrected chi connectivity index (χ0v) is 21.1. The Kier molecular flexibility index (Phi) is 6.53. The maximum absolute atomic E-state index is 4.65. The molecule has 1 saturated heterocycles. The maximum atomic E-state index is 4.65. The van der Waals surface area contributed by atoms with Crippen LogP contribution in [0.5, 0.6) is 0 Å². The van der Waals surface area contributed by atoms with Gasteiger partial charge in [-0.05, 0) is 60.0 Å². The Hall–Kier alpha value is -1.37. The van der Waals surface area contributed by atoms with Crippen LogP contribution in [-0.2, 0) is 17.5 Å². The van der Waals surface area contributed by atoms with Crippen LogP contribution in [0.25, 0.3) is 11.4 Å². The van der Waals surface area contributed by atoms with Crippen molar-refractivity contribution in [1.29, 1.82) is 0 Å². The van der Waals surface area contributed by atoms with Crippen molar-refractivity contribution in [2.24, 2.45) is 0 Å². The maximum Gasteiger partial charge on any atom is 0.193 e. The van der Waals surface area contributed by atoms with Crippen molar-refractivity contribution in [2.75, 3.05) is 32.1 Å². The van der Waals surface area contributed by atoms with E-state index in [2.05, 4.69) is 84.3 Å². The summed E-state index contributed by atoms with van der Waals surface area (Å²) >= 11 is 1.82. The van der Waals surface area contributed by atoms with Crippen LogP contribution >= 0.6 is 11.8 Å². The molecule has 0 saturated carbocycles. The number of thioether (sulfide) groups is 1. The van der Waals surface area contributed by atoms with Gasteiger partial charge in [-0.2, -0.15) is 0 Å². The second-order valence-electron chi connectivity index (χ2n) is 11.2. The van der Waals surface area contributed by atoms with E-state index in [1.165, 1.54) is 55.6 Å². The SMILES string of the molecule is CC(C)(C)c1cc(-c2nnc3n2CN(CCN2CCCCC2)CS3)cc(C(C)(C)C)c1. The van der Waals surface area contributed by atoms with Gasteiger partial charge in [0.15, 0.2) is 11.0 Å². The standard InChI is InChI=1S/C25H39N5S/c1-24(2,3)20-14-19(15-21(16-20)25(4,5)6)22-26-27-23-30(22)17-29(18-31-23)13-12-28-10-8-7-9-11-28/h14-16H,7-13,17-18H2,1-6H3. The lowest BCUT2D eigenvalue weighted by atomic mass is 9.79. The molecule has 2 aliphatic rings. The van der Waals surface area contributed by atoms with Crippen LogP contribution < -0.4 is 0 Å². The molecule has 31 heavy (non-hydrogen) atoms. The minimum Gasteiger partial charge on any atom is -0.302 e. The lowest BCUT2D eigenvalue weighted by Gasteiger charge is -2.32. The van der Waals surface area contributed by atoms with E-state index in [-0.39, 0.29) is 10.8 Å². The lowest BCUT2D eigenvalue weighted by molar-refractivity contribution is 0.169. The first-order chi connectivity index (χ1) is 14.6. The molecule has 4 rings (SSSR count). The molecule has 0 bridgehead atoms. The van der Waals surface area contributed by atoms with Crippen molar-refractivity contribution in [3.05, 3.63) is 29.3 Å². The van der Waals surface area contributed by atoms with E-state index in [1.54, 1.807) is 0 Å². The molecule has 0 radical (unpaired) electrons. The highest BCUT2D eigenvalue weighted by Crippen LogP contribution is 2.35. The first-order valence-electron chi connectivity index (χ1n) is 11.8. The molecule has 170 valence electrons. The first-order valence-corrected chi connectivity index (χ1v) is 12.8. The normalized spacial score (nSPS) is 18.9. The Labute approximate surface area is 192 Å². The summed E-state index contributed by atoms with van der Waals surface area (Å²) < 4.78 is 2.32. The summed E-state index contributed by atoms with van der Waals surface area (Å²) in [5.74, 6) is 2.00. The van der Waals surface area contributed by atoms with Gasteiger partial charge in [0.2, 0.25) is 0 Å². The zero-order chi connectivity index (χ0) is 22.2. The smallest absolute Gasteiger partial charge is 0.193 e. The fraction of sp³-hybridized carbons (Fsp3) is 0.680. The number of rotatable bonds is 4. The van der Waals surface area contributed by atoms with Crippen LogP contribution in [0, 0.1) is 0 Å². The molecule has 0 amide bonds. The minimum atomic E-state index is 0.0932. The van der Waals surface area contributed by atoms with Gasteiger partial charge in [-0.25, -0.2) is 0 Å². The van der Waals surface area contributed by atoms with E-state index in [0.717, 1.165) is 30.1 Å². The van der Waals surface area contributed by atoms with E-state index in [1.807, 2.05) is 11.8 Å². The average Bonchev–Trinajstić information content (AvgIpc) is 3.15. The number of likely N-dealkylation sites (tertiary alicyclic amines) is 1. The highest BCUT2D eigenvalue weighted by Gasteiger charge is 2.26. The van der Waals surface area contributed by atoms with Gasteiger partial charge in [0.05, 0.1) is 12.5 Å². The predicted octanol–water partition coefficient (Wildman–Crippen LogP) is 5.35. The monoisotopic (exact) mass is 441 g/mol. The van der Waals surface area contributed by atoms with Crippen molar-refractivity contribution >= 4 is 11.8 Å². The summed E-state index contributed by atoms with van der Waals surface area (Å²) in [6, 6.07) is 7.02. The number of piperidine rings is 1. The van der Waals surface area contributed by atoms with E-state index >= 15 is 0 Å². The Balaban J connectivity index is 1.59. The molecule has 0 aliphatic carbocycles. The summed E-state index contributed by atoms with van der Waals surface area (Å²) in [5.41, 5.74) is 4.09. The fourth-order valence-electron chi connectivity index (χ4n) is 4.35. The summed E-state index contributed by atoms with van der Waals surface area (Å²) in [7, 11) is 0. The van der Waals surface area contributed by atoms with Crippen LogP contribution in [0.1, 0.15) is 71.9 Å². The molecule has 2 aliphatic heterocycles. The van der Waals surface area contributed by atoms with Crippen LogP contribution in [0.2, 0.25) is 0 Å². The molecule has 0 unspecified atom stereocenters. The van der Waals surface area contributed by atoms with Gasteiger partial charge in [0, 0.05) is 18.7 Å². The van der Waals surface area contributed by atoms with Crippen molar-refractivity contribution < 1.29 is 0 Å². The van der Waals surface area contributed by atoms with E-state index in [9.17, 15) is 0 Å². The second kappa shape index (κ2) is 8.87. The molecule has 0 spiro atoms. The largest absolute Gasteiger partial charge is 0.302 e. The molecule has 0 N–H and O–H groups in total. The number of aromatic nitrogens is 3. The lowest BCUT2D eigenvalue weighted by Crippen LogP contribution is -2.39. The van der Waals surface area contributed by atoms with Gasteiger partial charge in [-0.3, -0.25) is 9.47 Å². The van der Waals surface area contributed by atoms with Gasteiger partial charge >= 0.3 is 0 Å². The fourth-order valence-corrected chi connectivity index (χ4v) is 5.26. The Morgan fingerprint density at radius 2 is 1.42 bits per heavy atom. The van der Waals surface area contributed by atoms with Gasteiger partial charge in [0.1, 0.15) is 0 Å². The molecule has 2 aromatic rings. The zero-order valence-electron chi connectivity index (χ0n) is 20.2. The van der Waals surface area contributed by atoms with Crippen LogP contribution in [-0.4, -0.2) is 56.6 Å². The van der Waals surface area contributed by atoms with E-state index < -0.39 is 0 Å². The molecular formula is C25H39N5S. The van der Waals surface area contributed by atoms with Gasteiger partial charge in [-0.1, -0.05) is 65.8 Å². The molecule has 0 atom stereocenters. The summed E-state index contributed by atoms with van der Waals surface area (Å²) in [5, 5.41) is 10.2. The van der Waals surface area contributed by atoms with E-state index in [0.29, 0.717) is 0 Å². The van der Waals surface area contributed by atoms with Crippen LogP contribution in [0.4, 0.5) is 0 Å². The van der Waals surface area contributed by atoms with E-state index in [4.69, 9.17) is 0 Å². The van der Waals surface area contributed by atoms with Crippen molar-refractivity contribution in [3.63, 3.8) is 0 Å². The van der Waals surface area contributed by atoms with Gasteiger partial charge in [0.25, 0.3) is 0 Å². The van der Waals surface area contributed by atoms with Gasteiger partial charge in [-0.15, -0.1) is 10.2 Å². The van der Waals surface area contributed by atoms with Gasteiger partial charge < -0.3 is 4.90 Å². The Morgan fingerprint density at radius 1 is 0.806 bits per heavy atom. The number of fused-ring (bicyclic) bond motifs is 1. The first kappa shape index (κ1) is 22.8. The summed E-state index contributed by atoms with van der Waals surface area (Å²) in [6.07, 6.45) is 4.11. The van der Waals surface area contributed by atoms with Crippen LogP contribution in [0.3, 0.4) is 0 Å². The third kappa shape index (κ3) is 5.35. The topological polar surface area (TPSA) is 37.2 Å². The number of benzene rings is 1. The number of hydrogen-bond acceptors (Lipinski definition) is 5. The molecule has 1 aromatic carbocycles. The van der Waals surface area contributed by atoms with Crippen molar-refractivity contribution in [1.82, 2.24) is 24.6 Å². The highest BCUT2D eigenvalue weighted by molar-refractivity contribution is 7.99. The third-order valence-corrected chi connectivity index (χ3v) is 7.59. The average molecular weight is 442 g/mol. The Morgan fingerprint density at radius 3 is 2.03 bits per heavy atom. The summed E-state index contributed by atoms with van der Waals surface area (Å²) in [6.45, 7) is 19.4. The Bertz CT molecular complexity index is 867. The van der Waals surface area contributed by atoms with Crippen molar-refractivity contribution in [3.8, 4) is 11.4 Å². The van der Waals surface area contributed by atoms with Crippen LogP contribution in [0.15, 0.2) is 23.4 Å². The number of nitrogens with zero attached hydrogens (tertiary/aromatic N) is 5. The molecule has 1 aromatic heterocycles. The predicted molar refractivity (Wildman–Crippen MR) is 131 cm³/mol. The molecular weight excluding hydrogens is 402 g/mol. The minimum absolute atomic E-state index is 0.0932. The highest BCUT2D eigenvalue weighted by atomic mass is 32.2. The quantitative estimate of drug-likeness (QED) is 0.639. The third-order valence-electron chi connectivity index (χ3n) is 6.54. The second-order valence-corrected chi connectivity index (χ2v) is 12.2.